The van der Waals surface area contributed by atoms with Gasteiger partial charge in [0.25, 0.3) is 0 Å². The molecule has 0 radical (unpaired) electrons. The molecule has 1 aliphatic rings. The van der Waals surface area contributed by atoms with Crippen molar-refractivity contribution < 1.29 is 24.1 Å². The van der Waals surface area contributed by atoms with Gasteiger partial charge in [-0.25, -0.2) is 0 Å². The van der Waals surface area contributed by atoms with Crippen molar-refractivity contribution in [2.75, 3.05) is 41.0 Å². The molecule has 0 aliphatic carbocycles. The molecular weight excluding hydrogens is 454 g/mol. The largest absolute Gasteiger partial charge is 0.493 e. The molecule has 7 heteroatoms. The van der Waals surface area contributed by atoms with E-state index >= 15 is 0 Å². The van der Waals surface area contributed by atoms with Gasteiger partial charge in [-0.15, -0.1) is 0 Å². The summed E-state index contributed by atoms with van der Waals surface area (Å²) >= 11 is 5.98. The third-order valence-electron chi connectivity index (χ3n) is 6.68. The maximum atomic E-state index is 13.0. The van der Waals surface area contributed by atoms with Crippen LogP contribution in [-0.2, 0) is 5.60 Å². The van der Waals surface area contributed by atoms with Crippen molar-refractivity contribution in [3.63, 3.8) is 0 Å². The van der Waals surface area contributed by atoms with E-state index in [1.54, 1.807) is 21.3 Å². The summed E-state index contributed by atoms with van der Waals surface area (Å²) in [6.07, 6.45) is 1.66. The summed E-state index contributed by atoms with van der Waals surface area (Å²) in [5.41, 5.74) is 0.700. The first-order valence-corrected chi connectivity index (χ1v) is 11.7. The van der Waals surface area contributed by atoms with Gasteiger partial charge >= 0.3 is 0 Å². The van der Waals surface area contributed by atoms with E-state index in [9.17, 15) is 9.90 Å². The van der Waals surface area contributed by atoms with Crippen LogP contribution in [0.3, 0.4) is 0 Å². The second-order valence-corrected chi connectivity index (χ2v) is 9.07. The molecule has 0 aromatic heterocycles. The van der Waals surface area contributed by atoms with Gasteiger partial charge in [0.2, 0.25) is 5.75 Å². The fourth-order valence-corrected chi connectivity index (χ4v) is 4.78. The number of methoxy groups -OCH3 is 3. The van der Waals surface area contributed by atoms with Crippen LogP contribution in [0.5, 0.6) is 17.2 Å². The van der Waals surface area contributed by atoms with Crippen molar-refractivity contribution in [1.29, 1.82) is 0 Å². The average molecular weight is 484 g/mol. The maximum Gasteiger partial charge on any atom is 0.203 e. The van der Waals surface area contributed by atoms with Crippen LogP contribution in [0.25, 0.3) is 10.8 Å². The number of carbonyl (C=O) groups excluding carboxylic acids is 1. The Labute approximate surface area is 205 Å². The van der Waals surface area contributed by atoms with Crippen LogP contribution in [0, 0.1) is 0 Å². The van der Waals surface area contributed by atoms with E-state index in [0.717, 1.165) is 29.4 Å². The first-order chi connectivity index (χ1) is 16.4. The third kappa shape index (κ3) is 4.85. The van der Waals surface area contributed by atoms with E-state index in [0.29, 0.717) is 53.6 Å². The molecule has 0 amide bonds. The number of carbonyl (C=O) groups is 1. The number of aliphatic hydroxyl groups is 1. The Morgan fingerprint density at radius 2 is 1.65 bits per heavy atom. The van der Waals surface area contributed by atoms with E-state index in [1.807, 2.05) is 48.5 Å². The van der Waals surface area contributed by atoms with E-state index in [2.05, 4.69) is 4.90 Å². The summed E-state index contributed by atoms with van der Waals surface area (Å²) in [6, 6.07) is 14.8. The molecule has 34 heavy (non-hydrogen) atoms. The van der Waals surface area contributed by atoms with Gasteiger partial charge in [0.15, 0.2) is 17.3 Å². The Hall–Kier alpha value is -2.80. The summed E-state index contributed by atoms with van der Waals surface area (Å²) in [4.78, 5) is 15.2. The second kappa shape index (κ2) is 10.2. The number of piperidine rings is 1. The van der Waals surface area contributed by atoms with Crippen molar-refractivity contribution in [1.82, 2.24) is 4.90 Å². The molecule has 1 heterocycles. The lowest BCUT2D eigenvalue weighted by Crippen LogP contribution is -2.43. The van der Waals surface area contributed by atoms with Crippen molar-refractivity contribution >= 4 is 28.2 Å². The number of halogens is 1. The lowest BCUT2D eigenvalue weighted by molar-refractivity contribution is -0.0256. The molecule has 4 rings (SSSR count). The summed E-state index contributed by atoms with van der Waals surface area (Å²) in [6.45, 7) is 2.12. The number of rotatable bonds is 8. The first-order valence-electron chi connectivity index (χ1n) is 11.3. The number of ether oxygens (including phenoxy) is 3. The van der Waals surface area contributed by atoms with Crippen LogP contribution < -0.4 is 14.2 Å². The average Bonchev–Trinajstić information content (AvgIpc) is 2.86. The quantitative estimate of drug-likeness (QED) is 0.451. The molecule has 1 N–H and O–H groups in total. The standard InChI is InChI=1S/C27H30ClNO5/c1-32-24-17-19-16-18(4-9-22(19)25(33-2)26(24)34-3)23(30)10-13-29-14-11-27(31,12-15-29)20-5-7-21(28)8-6-20/h4-9,16-17,31H,10-15H2,1-3H3. The van der Waals surface area contributed by atoms with Crippen molar-refractivity contribution in [2.45, 2.75) is 24.9 Å². The van der Waals surface area contributed by atoms with Gasteiger partial charge in [-0.2, -0.15) is 0 Å². The zero-order chi connectivity index (χ0) is 24.3. The molecule has 0 unspecified atom stereocenters. The molecule has 1 fully saturated rings. The van der Waals surface area contributed by atoms with Gasteiger partial charge < -0.3 is 24.2 Å². The van der Waals surface area contributed by atoms with Gasteiger partial charge in [0, 0.05) is 42.0 Å². The zero-order valence-corrected chi connectivity index (χ0v) is 20.5. The summed E-state index contributed by atoms with van der Waals surface area (Å²) in [5.74, 6) is 1.74. The SMILES string of the molecule is COc1cc2cc(C(=O)CCN3CCC(O)(c4ccc(Cl)cc4)CC3)ccc2c(OC)c1OC. The Bertz CT molecular complexity index is 1170. The molecule has 6 nitrogen and oxygen atoms in total. The van der Waals surface area contributed by atoms with Gasteiger partial charge in [0.05, 0.1) is 26.9 Å². The van der Waals surface area contributed by atoms with Crippen LogP contribution in [-0.4, -0.2) is 56.8 Å². The second-order valence-electron chi connectivity index (χ2n) is 8.63. The Morgan fingerprint density at radius 1 is 0.971 bits per heavy atom. The number of likely N-dealkylation sites (tertiary alicyclic amines) is 1. The molecule has 3 aromatic rings. The number of ketones is 1. The molecule has 180 valence electrons. The number of nitrogens with zero attached hydrogens (tertiary/aromatic N) is 1. The van der Waals surface area contributed by atoms with Crippen LogP contribution in [0.2, 0.25) is 5.02 Å². The maximum absolute atomic E-state index is 13.0. The fraction of sp³-hybridized carbons (Fsp3) is 0.370. The minimum atomic E-state index is -0.845. The van der Waals surface area contributed by atoms with Crippen LogP contribution in [0.4, 0.5) is 0 Å². The highest BCUT2D eigenvalue weighted by atomic mass is 35.5. The Balaban J connectivity index is 1.41. The summed E-state index contributed by atoms with van der Waals surface area (Å²) in [7, 11) is 4.73. The zero-order valence-electron chi connectivity index (χ0n) is 19.8. The van der Waals surface area contributed by atoms with Crippen molar-refractivity contribution in [3.05, 3.63) is 64.7 Å². The highest BCUT2D eigenvalue weighted by Gasteiger charge is 2.33. The smallest absolute Gasteiger partial charge is 0.203 e. The molecule has 0 spiro atoms. The highest BCUT2D eigenvalue weighted by molar-refractivity contribution is 6.30. The Morgan fingerprint density at radius 3 is 2.26 bits per heavy atom. The lowest BCUT2D eigenvalue weighted by atomic mass is 9.84. The number of hydrogen-bond donors (Lipinski definition) is 1. The molecule has 1 aliphatic heterocycles. The van der Waals surface area contributed by atoms with Crippen LogP contribution >= 0.6 is 11.6 Å². The number of Topliss-reactive ketones (excluding diaryl/α,β-unsaturated/α-hetero) is 1. The van der Waals surface area contributed by atoms with Crippen molar-refractivity contribution in [2.24, 2.45) is 0 Å². The predicted molar refractivity (Wildman–Crippen MR) is 134 cm³/mol. The number of hydrogen-bond acceptors (Lipinski definition) is 6. The van der Waals surface area contributed by atoms with Gasteiger partial charge in [-0.3, -0.25) is 4.79 Å². The van der Waals surface area contributed by atoms with Gasteiger partial charge in [-0.1, -0.05) is 29.8 Å². The summed E-state index contributed by atoms with van der Waals surface area (Å²) < 4.78 is 16.4. The Kier molecular flexibility index (Phi) is 7.31. The van der Waals surface area contributed by atoms with E-state index in [4.69, 9.17) is 25.8 Å². The summed E-state index contributed by atoms with van der Waals surface area (Å²) in [5, 5.41) is 13.4. The van der Waals surface area contributed by atoms with Gasteiger partial charge in [0.1, 0.15) is 0 Å². The highest BCUT2D eigenvalue weighted by Crippen LogP contribution is 2.43. The predicted octanol–water partition coefficient (Wildman–Crippen LogP) is 5.08. The minimum Gasteiger partial charge on any atom is -0.493 e. The normalized spacial score (nSPS) is 15.8. The van der Waals surface area contributed by atoms with E-state index < -0.39 is 5.60 Å². The number of fused-ring (bicyclic) bond motifs is 1. The molecule has 1 saturated heterocycles. The van der Waals surface area contributed by atoms with E-state index in [1.165, 1.54) is 0 Å². The van der Waals surface area contributed by atoms with Crippen LogP contribution in [0.15, 0.2) is 48.5 Å². The number of benzene rings is 3. The van der Waals surface area contributed by atoms with Crippen LogP contribution in [0.1, 0.15) is 35.2 Å². The third-order valence-corrected chi connectivity index (χ3v) is 6.93. The van der Waals surface area contributed by atoms with E-state index in [-0.39, 0.29) is 5.78 Å². The molecule has 0 atom stereocenters. The monoisotopic (exact) mass is 483 g/mol. The molecule has 0 bridgehead atoms. The topological polar surface area (TPSA) is 68.2 Å². The molecule has 3 aromatic carbocycles. The fourth-order valence-electron chi connectivity index (χ4n) is 4.65. The molecule has 0 saturated carbocycles. The minimum absolute atomic E-state index is 0.0780. The van der Waals surface area contributed by atoms with Gasteiger partial charge in [-0.05, 0) is 54.1 Å². The van der Waals surface area contributed by atoms with Crippen molar-refractivity contribution in [3.8, 4) is 17.2 Å². The lowest BCUT2D eigenvalue weighted by Gasteiger charge is -2.38. The molecular formula is C27H30ClNO5. The first kappa shape index (κ1) is 24.3.